The van der Waals surface area contributed by atoms with Gasteiger partial charge in [-0.3, -0.25) is 4.98 Å². The van der Waals surface area contributed by atoms with Crippen LogP contribution in [0.25, 0.3) is 0 Å². The largest absolute Gasteiger partial charge is 0.477 e. The van der Waals surface area contributed by atoms with Gasteiger partial charge in [-0.15, -0.1) is 0 Å². The Morgan fingerprint density at radius 1 is 1.38 bits per heavy atom. The van der Waals surface area contributed by atoms with Crippen molar-refractivity contribution in [2.45, 2.75) is 6.61 Å². The number of hydrogen-bond donors (Lipinski definition) is 1. The number of hydrogen-bond acceptors (Lipinski definition) is 5. The van der Waals surface area contributed by atoms with Gasteiger partial charge in [0.05, 0.1) is 10.6 Å². The molecule has 6 nitrogen and oxygen atoms in total. The second-order valence-electron chi connectivity index (χ2n) is 3.90. The highest BCUT2D eigenvalue weighted by Crippen LogP contribution is 2.27. The van der Waals surface area contributed by atoms with Crippen molar-refractivity contribution in [3.8, 4) is 11.9 Å². The first-order valence-electron chi connectivity index (χ1n) is 5.57. The monoisotopic (exact) mass is 323 g/mol. The molecule has 2 aromatic heterocycles. The topological polar surface area (TPSA) is 96.1 Å². The number of pyridine rings is 2. The van der Waals surface area contributed by atoms with E-state index in [4.69, 9.17) is 38.3 Å². The van der Waals surface area contributed by atoms with E-state index in [1.807, 2.05) is 6.07 Å². The summed E-state index contributed by atoms with van der Waals surface area (Å²) in [5.74, 6) is -1.39. The predicted octanol–water partition coefficient (Wildman–Crippen LogP) is 2.93. The van der Waals surface area contributed by atoms with Gasteiger partial charge in [-0.2, -0.15) is 10.2 Å². The molecule has 0 aliphatic rings. The normalized spacial score (nSPS) is 9.95. The fraction of sp³-hybridized carbons (Fsp3) is 0.0769. The molecule has 0 spiro atoms. The standard InChI is InChI=1S/C13H7Cl2N3O3/c14-10-2-9(13(19)20)12(18-11(10)15)21-6-8-1-7(3-16)4-17-5-8/h1-2,4-5H,6H2,(H,19,20). The quantitative estimate of drug-likeness (QED) is 0.869. The van der Waals surface area contributed by atoms with Crippen molar-refractivity contribution in [3.63, 3.8) is 0 Å². The molecule has 0 aliphatic heterocycles. The summed E-state index contributed by atoms with van der Waals surface area (Å²) in [5, 5.41) is 17.8. The highest BCUT2D eigenvalue weighted by molar-refractivity contribution is 6.41. The van der Waals surface area contributed by atoms with Gasteiger partial charge in [0.2, 0.25) is 5.88 Å². The molecule has 21 heavy (non-hydrogen) atoms. The first-order chi connectivity index (χ1) is 10.0. The van der Waals surface area contributed by atoms with Crippen molar-refractivity contribution in [3.05, 3.63) is 51.4 Å². The van der Waals surface area contributed by atoms with Gasteiger partial charge in [0.25, 0.3) is 0 Å². The summed E-state index contributed by atoms with van der Waals surface area (Å²) in [6.45, 7) is -0.00619. The summed E-state index contributed by atoms with van der Waals surface area (Å²) < 4.78 is 5.34. The number of carboxylic acids is 1. The Hall–Kier alpha value is -2.36. The lowest BCUT2D eigenvalue weighted by molar-refractivity contribution is 0.0690. The summed E-state index contributed by atoms with van der Waals surface area (Å²) in [6, 6.07) is 4.68. The van der Waals surface area contributed by atoms with Crippen LogP contribution in [0.15, 0.2) is 24.5 Å². The van der Waals surface area contributed by atoms with Crippen LogP contribution in [0.4, 0.5) is 0 Å². The molecule has 0 saturated heterocycles. The van der Waals surface area contributed by atoms with Crippen molar-refractivity contribution in [2.75, 3.05) is 0 Å². The van der Waals surface area contributed by atoms with E-state index < -0.39 is 5.97 Å². The minimum Gasteiger partial charge on any atom is -0.477 e. The number of nitriles is 1. The molecule has 0 fully saturated rings. The van der Waals surface area contributed by atoms with Gasteiger partial charge in [0, 0.05) is 18.0 Å². The van der Waals surface area contributed by atoms with Gasteiger partial charge < -0.3 is 9.84 Å². The maximum absolute atomic E-state index is 11.1. The molecule has 0 amide bonds. The lowest BCUT2D eigenvalue weighted by Gasteiger charge is -2.09. The number of aromatic carboxylic acids is 1. The maximum atomic E-state index is 11.1. The molecule has 0 unspecified atom stereocenters. The Labute approximate surface area is 129 Å². The number of ether oxygens (including phenoxy) is 1. The number of nitrogens with zero attached hydrogens (tertiary/aromatic N) is 3. The van der Waals surface area contributed by atoms with Crippen molar-refractivity contribution in [1.29, 1.82) is 5.26 Å². The highest BCUT2D eigenvalue weighted by Gasteiger charge is 2.16. The summed E-state index contributed by atoms with van der Waals surface area (Å²) in [5.41, 5.74) is 0.767. The Morgan fingerprint density at radius 3 is 2.81 bits per heavy atom. The SMILES string of the molecule is N#Cc1cncc(COc2nc(Cl)c(Cl)cc2C(=O)O)c1. The molecule has 0 radical (unpaired) electrons. The van der Waals surface area contributed by atoms with E-state index in [0.29, 0.717) is 11.1 Å². The second-order valence-corrected chi connectivity index (χ2v) is 4.67. The van der Waals surface area contributed by atoms with Crippen LogP contribution in [0.3, 0.4) is 0 Å². The first kappa shape index (κ1) is 15.0. The average molecular weight is 324 g/mol. The Balaban J connectivity index is 2.25. The number of carboxylic acid groups (broad SMARTS) is 1. The van der Waals surface area contributed by atoms with Crippen LogP contribution >= 0.6 is 23.2 Å². The van der Waals surface area contributed by atoms with Crippen LogP contribution in [-0.2, 0) is 6.61 Å². The molecular weight excluding hydrogens is 317 g/mol. The molecule has 2 heterocycles. The summed E-state index contributed by atoms with van der Waals surface area (Å²) in [6.07, 6.45) is 2.91. The molecule has 2 aromatic rings. The van der Waals surface area contributed by atoms with E-state index in [1.54, 1.807) is 6.07 Å². The number of rotatable bonds is 4. The fourth-order valence-corrected chi connectivity index (χ4v) is 1.78. The lowest BCUT2D eigenvalue weighted by atomic mass is 10.2. The molecule has 0 saturated carbocycles. The maximum Gasteiger partial charge on any atom is 0.341 e. The average Bonchev–Trinajstić information content (AvgIpc) is 2.48. The van der Waals surface area contributed by atoms with Crippen LogP contribution in [0.5, 0.6) is 5.88 Å². The zero-order chi connectivity index (χ0) is 15.4. The summed E-state index contributed by atoms with van der Waals surface area (Å²) >= 11 is 11.5. The van der Waals surface area contributed by atoms with Gasteiger partial charge in [0.1, 0.15) is 18.2 Å². The Morgan fingerprint density at radius 2 is 2.14 bits per heavy atom. The van der Waals surface area contributed by atoms with E-state index in [1.165, 1.54) is 18.5 Å². The van der Waals surface area contributed by atoms with Crippen LogP contribution in [0, 0.1) is 11.3 Å². The zero-order valence-corrected chi connectivity index (χ0v) is 11.9. The van der Waals surface area contributed by atoms with Crippen molar-refractivity contribution >= 4 is 29.2 Å². The summed E-state index contributed by atoms with van der Waals surface area (Å²) in [4.78, 5) is 18.8. The molecule has 0 bridgehead atoms. The third-order valence-corrected chi connectivity index (χ3v) is 3.10. The Bertz CT molecular complexity index is 744. The zero-order valence-electron chi connectivity index (χ0n) is 10.4. The van der Waals surface area contributed by atoms with Crippen LogP contribution in [0.2, 0.25) is 10.2 Å². The van der Waals surface area contributed by atoms with Gasteiger partial charge in [0.15, 0.2) is 5.15 Å². The number of halogens is 2. The van der Waals surface area contributed by atoms with Gasteiger partial charge in [-0.25, -0.2) is 4.79 Å². The minimum atomic E-state index is -1.24. The van der Waals surface area contributed by atoms with Crippen molar-refractivity contribution < 1.29 is 14.6 Å². The molecule has 106 valence electrons. The molecule has 0 aromatic carbocycles. The lowest BCUT2D eigenvalue weighted by Crippen LogP contribution is -2.06. The van der Waals surface area contributed by atoms with Gasteiger partial charge in [-0.05, 0) is 12.1 Å². The molecular formula is C13H7Cl2N3O3. The predicted molar refractivity (Wildman–Crippen MR) is 74.5 cm³/mol. The van der Waals surface area contributed by atoms with Gasteiger partial charge in [-0.1, -0.05) is 23.2 Å². The van der Waals surface area contributed by atoms with Crippen LogP contribution in [-0.4, -0.2) is 21.0 Å². The molecule has 8 heteroatoms. The minimum absolute atomic E-state index is 0.00619. The third kappa shape index (κ3) is 3.60. The van der Waals surface area contributed by atoms with Crippen molar-refractivity contribution in [2.24, 2.45) is 0 Å². The van der Waals surface area contributed by atoms with E-state index in [0.717, 1.165) is 0 Å². The smallest absolute Gasteiger partial charge is 0.341 e. The van der Waals surface area contributed by atoms with Gasteiger partial charge >= 0.3 is 5.97 Å². The van der Waals surface area contributed by atoms with E-state index >= 15 is 0 Å². The van der Waals surface area contributed by atoms with E-state index in [-0.39, 0.29) is 28.2 Å². The third-order valence-electron chi connectivity index (χ3n) is 2.43. The summed E-state index contributed by atoms with van der Waals surface area (Å²) in [7, 11) is 0. The first-order valence-corrected chi connectivity index (χ1v) is 6.33. The Kier molecular flexibility index (Phi) is 4.58. The van der Waals surface area contributed by atoms with Crippen LogP contribution < -0.4 is 4.74 Å². The van der Waals surface area contributed by atoms with E-state index in [9.17, 15) is 4.79 Å². The second kappa shape index (κ2) is 6.39. The molecule has 0 aliphatic carbocycles. The molecule has 2 rings (SSSR count). The highest BCUT2D eigenvalue weighted by atomic mass is 35.5. The number of carbonyl (C=O) groups is 1. The number of aromatic nitrogens is 2. The van der Waals surface area contributed by atoms with Crippen molar-refractivity contribution in [1.82, 2.24) is 9.97 Å². The van der Waals surface area contributed by atoms with E-state index in [2.05, 4.69) is 9.97 Å². The fourth-order valence-electron chi connectivity index (χ4n) is 1.49. The molecule has 1 N–H and O–H groups in total. The molecule has 0 atom stereocenters. The van der Waals surface area contributed by atoms with Crippen LogP contribution in [0.1, 0.15) is 21.5 Å².